The molecule has 0 unspecified atom stereocenters. The summed E-state index contributed by atoms with van der Waals surface area (Å²) in [5.74, 6) is 0.627. The SMILES string of the molecule is C=C1CC[C@H]2C(C)(C)CCC[C@]2(CO)[C@H]1CO. The standard InChI is InChI=1S/C15H26O2/c1-11-5-6-13-14(2,3)7-4-8-15(13,10-17)12(11)9-16/h12-13,16-17H,1,4-10H2,2-3H3/t12-,13-,15-/m0/s1. The van der Waals surface area contributed by atoms with E-state index in [0.29, 0.717) is 5.92 Å². The number of hydrogen-bond donors (Lipinski definition) is 2. The summed E-state index contributed by atoms with van der Waals surface area (Å²) >= 11 is 0. The van der Waals surface area contributed by atoms with Crippen LogP contribution in [0.1, 0.15) is 46.0 Å². The summed E-state index contributed by atoms with van der Waals surface area (Å²) in [6, 6.07) is 0. The van der Waals surface area contributed by atoms with E-state index in [1.54, 1.807) is 0 Å². The molecule has 2 nitrogen and oxygen atoms in total. The normalized spacial score (nSPS) is 41.1. The first-order valence-electron chi connectivity index (χ1n) is 6.87. The van der Waals surface area contributed by atoms with E-state index in [1.165, 1.54) is 6.42 Å². The zero-order chi connectivity index (χ0) is 12.7. The molecule has 0 aromatic heterocycles. The molecule has 0 bridgehead atoms. The molecule has 0 saturated heterocycles. The summed E-state index contributed by atoms with van der Waals surface area (Å²) in [4.78, 5) is 0. The van der Waals surface area contributed by atoms with E-state index in [2.05, 4.69) is 20.4 Å². The third-order valence-electron chi connectivity index (χ3n) is 5.52. The Bertz CT molecular complexity index is 308. The highest BCUT2D eigenvalue weighted by molar-refractivity contribution is 5.16. The van der Waals surface area contributed by atoms with Crippen LogP contribution in [0.4, 0.5) is 0 Å². The van der Waals surface area contributed by atoms with Crippen LogP contribution in [0, 0.1) is 22.7 Å². The number of fused-ring (bicyclic) bond motifs is 1. The maximum absolute atomic E-state index is 9.98. The van der Waals surface area contributed by atoms with Gasteiger partial charge in [-0.15, -0.1) is 0 Å². The highest BCUT2D eigenvalue weighted by Gasteiger charge is 2.55. The summed E-state index contributed by atoms with van der Waals surface area (Å²) in [5, 5.41) is 19.7. The minimum Gasteiger partial charge on any atom is -0.396 e. The molecule has 2 heteroatoms. The van der Waals surface area contributed by atoms with Crippen LogP contribution in [0.2, 0.25) is 0 Å². The van der Waals surface area contributed by atoms with Gasteiger partial charge in [0.2, 0.25) is 0 Å². The molecular weight excluding hydrogens is 212 g/mol. The Morgan fingerprint density at radius 3 is 2.59 bits per heavy atom. The molecule has 2 rings (SSSR count). The van der Waals surface area contributed by atoms with Gasteiger partial charge in [0.05, 0.1) is 6.61 Å². The summed E-state index contributed by atoms with van der Waals surface area (Å²) in [6.07, 6.45) is 5.59. The molecule has 98 valence electrons. The van der Waals surface area contributed by atoms with Gasteiger partial charge in [-0.3, -0.25) is 0 Å². The number of hydrogen-bond acceptors (Lipinski definition) is 2. The summed E-state index contributed by atoms with van der Waals surface area (Å²) < 4.78 is 0. The van der Waals surface area contributed by atoms with E-state index in [0.717, 1.165) is 31.3 Å². The molecule has 2 aliphatic rings. The minimum absolute atomic E-state index is 0.103. The predicted octanol–water partition coefficient (Wildman–Crippen LogP) is 2.75. The zero-order valence-corrected chi connectivity index (χ0v) is 11.2. The van der Waals surface area contributed by atoms with Gasteiger partial charge >= 0.3 is 0 Å². The van der Waals surface area contributed by atoms with Crippen LogP contribution < -0.4 is 0 Å². The Hall–Kier alpha value is -0.340. The second-order valence-corrected chi connectivity index (χ2v) is 6.72. The van der Waals surface area contributed by atoms with Crippen LogP contribution in [0.25, 0.3) is 0 Å². The molecule has 0 amide bonds. The third-order valence-corrected chi connectivity index (χ3v) is 5.52. The highest BCUT2D eigenvalue weighted by Crippen LogP contribution is 2.60. The molecule has 0 heterocycles. The number of aliphatic hydroxyl groups excluding tert-OH is 2. The average molecular weight is 238 g/mol. The van der Waals surface area contributed by atoms with Crippen molar-refractivity contribution in [1.82, 2.24) is 0 Å². The summed E-state index contributed by atoms with van der Waals surface area (Å²) in [6.45, 7) is 9.12. The van der Waals surface area contributed by atoms with E-state index in [4.69, 9.17) is 0 Å². The molecule has 0 aliphatic heterocycles. The van der Waals surface area contributed by atoms with Crippen molar-refractivity contribution < 1.29 is 10.2 Å². The topological polar surface area (TPSA) is 40.5 Å². The van der Waals surface area contributed by atoms with Gasteiger partial charge in [-0.1, -0.05) is 32.4 Å². The molecule has 0 aromatic carbocycles. The molecule has 2 N–H and O–H groups in total. The molecule has 0 aromatic rings. The minimum atomic E-state index is -0.105. The van der Waals surface area contributed by atoms with Crippen molar-refractivity contribution in [3.8, 4) is 0 Å². The van der Waals surface area contributed by atoms with Gasteiger partial charge in [0.25, 0.3) is 0 Å². The van der Waals surface area contributed by atoms with E-state index >= 15 is 0 Å². The van der Waals surface area contributed by atoms with Crippen molar-refractivity contribution >= 4 is 0 Å². The summed E-state index contributed by atoms with van der Waals surface area (Å²) in [7, 11) is 0. The van der Waals surface area contributed by atoms with Crippen LogP contribution in [0.5, 0.6) is 0 Å². The van der Waals surface area contributed by atoms with Gasteiger partial charge in [-0.2, -0.15) is 0 Å². The fourth-order valence-electron chi connectivity index (χ4n) is 4.62. The quantitative estimate of drug-likeness (QED) is 0.726. The largest absolute Gasteiger partial charge is 0.396 e. The fourth-order valence-corrected chi connectivity index (χ4v) is 4.62. The monoisotopic (exact) mass is 238 g/mol. The Labute approximate surface area is 105 Å². The Morgan fingerprint density at radius 2 is 2.00 bits per heavy atom. The second-order valence-electron chi connectivity index (χ2n) is 6.72. The maximum Gasteiger partial charge on any atom is 0.0502 e. The van der Waals surface area contributed by atoms with Gasteiger partial charge < -0.3 is 10.2 Å². The van der Waals surface area contributed by atoms with Crippen molar-refractivity contribution in [2.24, 2.45) is 22.7 Å². The highest BCUT2D eigenvalue weighted by atomic mass is 16.3. The molecule has 17 heavy (non-hydrogen) atoms. The number of rotatable bonds is 2. The molecule has 2 fully saturated rings. The van der Waals surface area contributed by atoms with Crippen molar-refractivity contribution in [3.05, 3.63) is 12.2 Å². The second kappa shape index (κ2) is 4.40. The van der Waals surface area contributed by atoms with Crippen molar-refractivity contribution in [2.75, 3.05) is 13.2 Å². The fraction of sp³-hybridized carbons (Fsp3) is 0.867. The average Bonchev–Trinajstić information content (AvgIpc) is 2.28. The Morgan fingerprint density at radius 1 is 1.29 bits per heavy atom. The van der Waals surface area contributed by atoms with Gasteiger partial charge in [0.15, 0.2) is 0 Å². The van der Waals surface area contributed by atoms with Gasteiger partial charge in [-0.05, 0) is 37.0 Å². The smallest absolute Gasteiger partial charge is 0.0502 e. The van der Waals surface area contributed by atoms with Crippen molar-refractivity contribution in [2.45, 2.75) is 46.0 Å². The van der Waals surface area contributed by atoms with Gasteiger partial charge in [0, 0.05) is 17.9 Å². The predicted molar refractivity (Wildman–Crippen MR) is 69.6 cm³/mol. The van der Waals surface area contributed by atoms with E-state index < -0.39 is 0 Å². The lowest BCUT2D eigenvalue weighted by Gasteiger charge is -2.58. The first kappa shape index (κ1) is 13.1. The van der Waals surface area contributed by atoms with Crippen molar-refractivity contribution in [1.29, 1.82) is 0 Å². The van der Waals surface area contributed by atoms with E-state index in [9.17, 15) is 10.2 Å². The summed E-state index contributed by atoms with van der Waals surface area (Å²) in [5.41, 5.74) is 1.33. The van der Waals surface area contributed by atoms with Crippen LogP contribution in [0.3, 0.4) is 0 Å². The van der Waals surface area contributed by atoms with E-state index in [1.807, 2.05) is 0 Å². The number of aliphatic hydroxyl groups is 2. The van der Waals surface area contributed by atoms with Crippen LogP contribution >= 0.6 is 0 Å². The third kappa shape index (κ3) is 1.86. The lowest BCUT2D eigenvalue weighted by molar-refractivity contribution is -0.107. The first-order valence-corrected chi connectivity index (χ1v) is 6.87. The maximum atomic E-state index is 9.98. The lowest BCUT2D eigenvalue weighted by atomic mass is 9.47. The molecular formula is C15H26O2. The van der Waals surface area contributed by atoms with Crippen LogP contribution in [-0.2, 0) is 0 Å². The van der Waals surface area contributed by atoms with Crippen LogP contribution in [-0.4, -0.2) is 23.4 Å². The molecule has 2 aliphatic carbocycles. The van der Waals surface area contributed by atoms with Gasteiger partial charge in [-0.25, -0.2) is 0 Å². The molecule has 0 radical (unpaired) electrons. The van der Waals surface area contributed by atoms with Crippen LogP contribution in [0.15, 0.2) is 12.2 Å². The molecule has 3 atom stereocenters. The van der Waals surface area contributed by atoms with Crippen molar-refractivity contribution in [3.63, 3.8) is 0 Å². The van der Waals surface area contributed by atoms with E-state index in [-0.39, 0.29) is 30.0 Å². The first-order chi connectivity index (χ1) is 7.98. The Balaban J connectivity index is 2.40. The zero-order valence-electron chi connectivity index (χ0n) is 11.2. The Kier molecular flexibility index (Phi) is 3.39. The van der Waals surface area contributed by atoms with Gasteiger partial charge in [0.1, 0.15) is 0 Å². The lowest BCUT2D eigenvalue weighted by Crippen LogP contribution is -2.54. The molecule has 2 saturated carbocycles. The molecule has 0 spiro atoms.